The van der Waals surface area contributed by atoms with Crippen molar-refractivity contribution in [3.05, 3.63) is 47.2 Å². The van der Waals surface area contributed by atoms with Crippen molar-refractivity contribution >= 4 is 29.5 Å². The quantitative estimate of drug-likeness (QED) is 0.519. The number of hydrogen-bond acceptors (Lipinski definition) is 4. The highest BCUT2D eigenvalue weighted by molar-refractivity contribution is 7.80. The van der Waals surface area contributed by atoms with E-state index in [1.807, 2.05) is 32.9 Å². The molecule has 6 heteroatoms. The first-order valence-corrected chi connectivity index (χ1v) is 8.19. The molecule has 0 bridgehead atoms. The lowest BCUT2D eigenvalue weighted by Gasteiger charge is -2.31. The maximum atomic E-state index is 12.2. The molecule has 2 rings (SSSR count). The highest BCUT2D eigenvalue weighted by Crippen LogP contribution is 2.22. The van der Waals surface area contributed by atoms with E-state index in [1.165, 1.54) is 5.56 Å². The molecule has 1 aliphatic rings. The van der Waals surface area contributed by atoms with E-state index in [-0.39, 0.29) is 11.1 Å². The number of aliphatic imine (C=N–C) groups is 1. The Balaban J connectivity index is 2.08. The Bertz CT molecular complexity index is 705. The molecule has 0 aliphatic carbocycles. The minimum absolute atomic E-state index is 0.192. The van der Waals surface area contributed by atoms with E-state index >= 15 is 0 Å². The molecule has 2 N–H and O–H groups in total. The molecule has 1 aromatic carbocycles. The molecule has 0 radical (unpaired) electrons. The SMILES string of the molecule is C=C(N=Cc1ccc2c(c1)CCN(C(=O)OC(C)(C)C)C2)C(N)=S. The van der Waals surface area contributed by atoms with Crippen LogP contribution in [0.15, 0.2) is 35.5 Å². The van der Waals surface area contributed by atoms with Gasteiger partial charge >= 0.3 is 6.09 Å². The molecule has 0 atom stereocenters. The molecule has 5 nitrogen and oxygen atoms in total. The predicted octanol–water partition coefficient (Wildman–Crippen LogP) is 3.20. The third-order valence-electron chi connectivity index (χ3n) is 3.55. The van der Waals surface area contributed by atoms with Crippen LogP contribution < -0.4 is 5.73 Å². The van der Waals surface area contributed by atoms with E-state index in [9.17, 15) is 4.79 Å². The van der Waals surface area contributed by atoms with Gasteiger partial charge in [0.05, 0.1) is 5.70 Å². The molecule has 0 saturated carbocycles. The normalized spacial score (nSPS) is 14.4. The van der Waals surface area contributed by atoms with Crippen LogP contribution in [0.3, 0.4) is 0 Å². The number of rotatable bonds is 3. The number of carbonyl (C=O) groups is 1. The molecule has 1 heterocycles. The summed E-state index contributed by atoms with van der Waals surface area (Å²) in [4.78, 5) is 18.3. The smallest absolute Gasteiger partial charge is 0.410 e. The fourth-order valence-electron chi connectivity index (χ4n) is 2.35. The zero-order valence-electron chi connectivity index (χ0n) is 14.3. The number of nitrogens with two attached hydrogens (primary N) is 1. The first-order chi connectivity index (χ1) is 11.2. The summed E-state index contributed by atoms with van der Waals surface area (Å²) in [6, 6.07) is 6.03. The fraction of sp³-hybridized carbons (Fsp3) is 0.389. The Morgan fingerprint density at radius 3 is 2.75 bits per heavy atom. The molecule has 0 saturated heterocycles. The van der Waals surface area contributed by atoms with Gasteiger partial charge in [-0.05, 0) is 49.9 Å². The number of carbonyl (C=O) groups excluding carboxylic acids is 1. The second kappa shape index (κ2) is 7.13. The number of fused-ring (bicyclic) bond motifs is 1. The summed E-state index contributed by atoms with van der Waals surface area (Å²) >= 11 is 4.82. The summed E-state index contributed by atoms with van der Waals surface area (Å²) in [5.41, 5.74) is 8.66. The summed E-state index contributed by atoms with van der Waals surface area (Å²) in [6.07, 6.45) is 2.21. The molecule has 0 aromatic heterocycles. The molecule has 0 fully saturated rings. The number of benzene rings is 1. The summed E-state index contributed by atoms with van der Waals surface area (Å²) in [6.45, 7) is 10.5. The van der Waals surface area contributed by atoms with Crippen LogP contribution in [0.2, 0.25) is 0 Å². The third kappa shape index (κ3) is 4.89. The van der Waals surface area contributed by atoms with E-state index in [4.69, 9.17) is 22.7 Å². The zero-order chi connectivity index (χ0) is 17.9. The molecule has 1 amide bonds. The van der Waals surface area contributed by atoms with Gasteiger partial charge in [0.2, 0.25) is 0 Å². The van der Waals surface area contributed by atoms with Crippen molar-refractivity contribution in [3.8, 4) is 0 Å². The van der Waals surface area contributed by atoms with Crippen LogP contribution >= 0.6 is 12.2 Å². The standard InChI is InChI=1S/C18H23N3O2S/c1-12(16(19)24)20-10-13-5-6-15-11-21(8-7-14(15)9-13)17(22)23-18(2,3)4/h5-6,9-10H,1,7-8,11H2,2-4H3,(H2,19,24). The van der Waals surface area contributed by atoms with Crippen LogP contribution in [0.4, 0.5) is 4.79 Å². The van der Waals surface area contributed by atoms with Crippen LogP contribution in [0.25, 0.3) is 0 Å². The van der Waals surface area contributed by atoms with Gasteiger partial charge in [-0.15, -0.1) is 0 Å². The summed E-state index contributed by atoms with van der Waals surface area (Å²) in [7, 11) is 0. The minimum Gasteiger partial charge on any atom is -0.444 e. The molecule has 1 aromatic rings. The van der Waals surface area contributed by atoms with Gasteiger partial charge < -0.3 is 15.4 Å². The Kier molecular flexibility index (Phi) is 5.39. The van der Waals surface area contributed by atoms with Crippen molar-refractivity contribution in [1.82, 2.24) is 4.90 Å². The van der Waals surface area contributed by atoms with Gasteiger partial charge in [-0.25, -0.2) is 4.79 Å². The van der Waals surface area contributed by atoms with E-state index in [2.05, 4.69) is 17.6 Å². The summed E-state index contributed by atoms with van der Waals surface area (Å²) in [5.74, 6) is 0. The Morgan fingerprint density at radius 2 is 2.12 bits per heavy atom. The van der Waals surface area contributed by atoms with Crippen LogP contribution in [0, 0.1) is 0 Å². The van der Waals surface area contributed by atoms with Gasteiger partial charge in [-0.3, -0.25) is 4.99 Å². The number of ether oxygens (including phenoxy) is 1. The van der Waals surface area contributed by atoms with E-state index in [0.29, 0.717) is 18.8 Å². The van der Waals surface area contributed by atoms with Gasteiger partial charge in [-0.2, -0.15) is 0 Å². The van der Waals surface area contributed by atoms with Crippen molar-refractivity contribution < 1.29 is 9.53 Å². The van der Waals surface area contributed by atoms with Gasteiger partial charge in [0.1, 0.15) is 10.6 Å². The lowest BCUT2D eigenvalue weighted by molar-refractivity contribution is 0.0224. The Morgan fingerprint density at radius 1 is 1.42 bits per heavy atom. The monoisotopic (exact) mass is 345 g/mol. The number of hydrogen-bond donors (Lipinski definition) is 1. The van der Waals surface area contributed by atoms with E-state index < -0.39 is 5.60 Å². The largest absolute Gasteiger partial charge is 0.444 e. The molecule has 128 valence electrons. The molecule has 24 heavy (non-hydrogen) atoms. The maximum Gasteiger partial charge on any atom is 0.410 e. The van der Waals surface area contributed by atoms with Crippen molar-refractivity contribution in [2.45, 2.75) is 39.3 Å². The molecular formula is C18H23N3O2S. The summed E-state index contributed by atoms with van der Waals surface area (Å²) in [5, 5.41) is 0. The second-order valence-electron chi connectivity index (χ2n) is 6.75. The third-order valence-corrected chi connectivity index (χ3v) is 3.78. The Labute approximate surface area is 148 Å². The van der Waals surface area contributed by atoms with Crippen molar-refractivity contribution in [1.29, 1.82) is 0 Å². The van der Waals surface area contributed by atoms with Crippen LogP contribution in [0.5, 0.6) is 0 Å². The van der Waals surface area contributed by atoms with E-state index in [0.717, 1.165) is 17.5 Å². The van der Waals surface area contributed by atoms with Crippen molar-refractivity contribution in [3.63, 3.8) is 0 Å². The van der Waals surface area contributed by atoms with Gasteiger partial charge in [0, 0.05) is 19.3 Å². The van der Waals surface area contributed by atoms with Gasteiger partial charge in [0.25, 0.3) is 0 Å². The number of nitrogens with zero attached hydrogens (tertiary/aromatic N) is 2. The van der Waals surface area contributed by atoms with Crippen molar-refractivity contribution in [2.75, 3.05) is 6.54 Å². The summed E-state index contributed by atoms with van der Waals surface area (Å²) < 4.78 is 5.44. The zero-order valence-corrected chi connectivity index (χ0v) is 15.2. The van der Waals surface area contributed by atoms with Crippen molar-refractivity contribution in [2.24, 2.45) is 10.7 Å². The van der Waals surface area contributed by atoms with Gasteiger partial charge in [-0.1, -0.05) is 30.9 Å². The van der Waals surface area contributed by atoms with E-state index in [1.54, 1.807) is 11.1 Å². The molecule has 1 aliphatic heterocycles. The lowest BCUT2D eigenvalue weighted by atomic mass is 9.98. The minimum atomic E-state index is -0.482. The fourth-order valence-corrected chi connectivity index (χ4v) is 2.40. The Hall–Kier alpha value is -2.21. The highest BCUT2D eigenvalue weighted by atomic mass is 32.1. The second-order valence-corrected chi connectivity index (χ2v) is 7.19. The topological polar surface area (TPSA) is 67.9 Å². The predicted molar refractivity (Wildman–Crippen MR) is 100 cm³/mol. The first kappa shape index (κ1) is 18.1. The number of amides is 1. The average Bonchev–Trinajstić information content (AvgIpc) is 2.50. The van der Waals surface area contributed by atoms with Crippen LogP contribution in [0.1, 0.15) is 37.5 Å². The molecular weight excluding hydrogens is 322 g/mol. The number of thiocarbonyl (C=S) groups is 1. The van der Waals surface area contributed by atoms with Crippen LogP contribution in [-0.4, -0.2) is 34.3 Å². The molecule has 0 unspecified atom stereocenters. The van der Waals surface area contributed by atoms with Crippen LogP contribution in [-0.2, 0) is 17.7 Å². The van der Waals surface area contributed by atoms with Gasteiger partial charge in [0.15, 0.2) is 0 Å². The first-order valence-electron chi connectivity index (χ1n) is 7.78. The maximum absolute atomic E-state index is 12.2. The average molecular weight is 345 g/mol. The molecule has 0 spiro atoms. The lowest BCUT2D eigenvalue weighted by Crippen LogP contribution is -2.39. The highest BCUT2D eigenvalue weighted by Gasteiger charge is 2.25.